The molecule has 2 fully saturated rings. The summed E-state index contributed by atoms with van der Waals surface area (Å²) < 4.78 is 34.9. The molecule has 1 N–H and O–H groups in total. The lowest BCUT2D eigenvalue weighted by molar-refractivity contribution is -0.478. The van der Waals surface area contributed by atoms with Gasteiger partial charge in [0.25, 0.3) is 0 Å². The number of hydrogen-bond donors (Lipinski definition) is 1. The molecule has 3 rings (SSSR count). The predicted octanol–water partition coefficient (Wildman–Crippen LogP) is 1.82. The van der Waals surface area contributed by atoms with Gasteiger partial charge in [-0.25, -0.2) is 0 Å². The van der Waals surface area contributed by atoms with Gasteiger partial charge in [0, 0.05) is 14.2 Å². The SMILES string of the molecule is COC1(C)OC2C(C)OC(OCc3ccccc3)C(O)C2OC1(C)OC. The van der Waals surface area contributed by atoms with Crippen LogP contribution in [0.2, 0.25) is 0 Å². The number of fused-ring (bicyclic) bond motifs is 1. The molecule has 0 aliphatic carbocycles. The van der Waals surface area contributed by atoms with Crippen molar-refractivity contribution in [2.24, 2.45) is 0 Å². The van der Waals surface area contributed by atoms with E-state index in [1.165, 1.54) is 14.2 Å². The highest BCUT2D eigenvalue weighted by Gasteiger charge is 2.61. The second-order valence-electron chi connectivity index (χ2n) is 6.96. The van der Waals surface area contributed by atoms with Gasteiger partial charge in [0.05, 0.1) is 12.7 Å². The third kappa shape index (κ3) is 3.41. The van der Waals surface area contributed by atoms with Crippen LogP contribution in [0.5, 0.6) is 0 Å². The summed E-state index contributed by atoms with van der Waals surface area (Å²) in [6.07, 6.45) is -3.42. The topological polar surface area (TPSA) is 75.6 Å². The third-order valence-electron chi connectivity index (χ3n) is 5.33. The molecular weight excluding hydrogens is 340 g/mol. The van der Waals surface area contributed by atoms with Gasteiger partial charge in [-0.3, -0.25) is 0 Å². The van der Waals surface area contributed by atoms with E-state index < -0.39 is 36.2 Å². The molecule has 0 aromatic heterocycles. The molecule has 0 spiro atoms. The molecule has 0 saturated carbocycles. The number of methoxy groups -OCH3 is 2. The minimum absolute atomic E-state index is 0.324. The monoisotopic (exact) mass is 368 g/mol. The van der Waals surface area contributed by atoms with Crippen LogP contribution in [0.1, 0.15) is 26.3 Å². The summed E-state index contributed by atoms with van der Waals surface area (Å²) in [7, 11) is 3.04. The first-order valence-corrected chi connectivity index (χ1v) is 8.78. The first-order valence-electron chi connectivity index (χ1n) is 8.78. The maximum absolute atomic E-state index is 10.8. The lowest BCUT2D eigenvalue weighted by Gasteiger charge is -2.56. The molecule has 2 aliphatic rings. The molecular formula is C19H28O7. The lowest BCUT2D eigenvalue weighted by Crippen LogP contribution is -2.72. The zero-order valence-electron chi connectivity index (χ0n) is 15.9. The van der Waals surface area contributed by atoms with E-state index in [0.717, 1.165) is 5.56 Å². The van der Waals surface area contributed by atoms with Crippen molar-refractivity contribution < 1.29 is 33.5 Å². The van der Waals surface area contributed by atoms with E-state index in [4.69, 9.17) is 28.4 Å². The minimum atomic E-state index is -1.19. The first-order chi connectivity index (χ1) is 12.3. The summed E-state index contributed by atoms with van der Waals surface area (Å²) in [6, 6.07) is 9.71. The van der Waals surface area contributed by atoms with Gasteiger partial charge in [0.15, 0.2) is 6.29 Å². The largest absolute Gasteiger partial charge is 0.385 e. The van der Waals surface area contributed by atoms with Gasteiger partial charge in [-0.2, -0.15) is 0 Å². The van der Waals surface area contributed by atoms with Crippen LogP contribution in [-0.4, -0.2) is 61.6 Å². The maximum atomic E-state index is 10.8. The van der Waals surface area contributed by atoms with E-state index in [-0.39, 0.29) is 6.10 Å². The summed E-state index contributed by atoms with van der Waals surface area (Å²) in [5.74, 6) is -2.33. The van der Waals surface area contributed by atoms with E-state index in [1.807, 2.05) is 37.3 Å². The molecule has 0 bridgehead atoms. The Labute approximate surface area is 154 Å². The Balaban J connectivity index is 1.74. The highest BCUT2D eigenvalue weighted by molar-refractivity contribution is 5.13. The van der Waals surface area contributed by atoms with Crippen LogP contribution in [0.15, 0.2) is 30.3 Å². The number of rotatable bonds is 5. The summed E-state index contributed by atoms with van der Waals surface area (Å²) in [4.78, 5) is 0. The molecule has 1 aromatic carbocycles. The van der Waals surface area contributed by atoms with Crippen LogP contribution >= 0.6 is 0 Å². The smallest absolute Gasteiger partial charge is 0.220 e. The van der Waals surface area contributed by atoms with E-state index in [9.17, 15) is 5.11 Å². The number of aliphatic hydroxyl groups excluding tert-OH is 1. The molecule has 0 radical (unpaired) electrons. The zero-order chi connectivity index (χ0) is 18.9. The molecule has 1 aromatic rings. The van der Waals surface area contributed by atoms with Gasteiger partial charge in [-0.15, -0.1) is 0 Å². The Hall–Kier alpha value is -1.06. The molecule has 2 aliphatic heterocycles. The Morgan fingerprint density at radius 3 is 2.15 bits per heavy atom. The summed E-state index contributed by atoms with van der Waals surface area (Å²) in [6.45, 7) is 5.64. The van der Waals surface area contributed by atoms with Crippen LogP contribution in [0.3, 0.4) is 0 Å². The molecule has 7 atom stereocenters. The van der Waals surface area contributed by atoms with Crippen molar-refractivity contribution in [3.63, 3.8) is 0 Å². The first kappa shape index (κ1) is 19.7. The fraction of sp³-hybridized carbons (Fsp3) is 0.684. The van der Waals surface area contributed by atoms with Crippen LogP contribution < -0.4 is 0 Å². The van der Waals surface area contributed by atoms with Crippen molar-refractivity contribution in [1.29, 1.82) is 0 Å². The van der Waals surface area contributed by atoms with Crippen LogP contribution in [0, 0.1) is 0 Å². The Bertz CT molecular complexity index is 597. The molecule has 146 valence electrons. The second kappa shape index (κ2) is 7.52. The molecule has 7 nitrogen and oxygen atoms in total. The molecule has 0 amide bonds. The lowest BCUT2D eigenvalue weighted by atomic mass is 9.94. The van der Waals surface area contributed by atoms with Gasteiger partial charge >= 0.3 is 0 Å². The Morgan fingerprint density at radius 1 is 1.00 bits per heavy atom. The standard InChI is InChI=1S/C19H28O7/c1-12-15-16(26-19(3,22-5)18(2,21-4)25-15)14(20)17(24-12)23-11-13-9-7-6-8-10-13/h6-10,12,14-17,20H,11H2,1-5H3. The van der Waals surface area contributed by atoms with Crippen molar-refractivity contribution >= 4 is 0 Å². The van der Waals surface area contributed by atoms with Crippen molar-refractivity contribution in [1.82, 2.24) is 0 Å². The third-order valence-corrected chi connectivity index (χ3v) is 5.33. The average molecular weight is 368 g/mol. The van der Waals surface area contributed by atoms with Gasteiger partial charge in [0.2, 0.25) is 11.6 Å². The highest BCUT2D eigenvalue weighted by Crippen LogP contribution is 2.43. The zero-order valence-corrected chi connectivity index (χ0v) is 15.9. The quantitative estimate of drug-likeness (QED) is 0.850. The van der Waals surface area contributed by atoms with E-state index in [2.05, 4.69) is 0 Å². The van der Waals surface area contributed by atoms with Gasteiger partial charge in [-0.05, 0) is 26.3 Å². The van der Waals surface area contributed by atoms with Gasteiger partial charge in [-0.1, -0.05) is 30.3 Å². The number of aliphatic hydroxyl groups is 1. The molecule has 2 heterocycles. The fourth-order valence-electron chi connectivity index (χ4n) is 3.38. The number of hydrogen-bond acceptors (Lipinski definition) is 7. The van der Waals surface area contributed by atoms with Crippen molar-refractivity contribution in [3.8, 4) is 0 Å². The van der Waals surface area contributed by atoms with Crippen molar-refractivity contribution in [2.45, 2.75) is 69.7 Å². The van der Waals surface area contributed by atoms with Crippen LogP contribution in [-0.2, 0) is 35.0 Å². The summed E-state index contributed by atoms with van der Waals surface area (Å²) >= 11 is 0. The number of benzene rings is 1. The average Bonchev–Trinajstić information content (AvgIpc) is 2.66. The Kier molecular flexibility index (Phi) is 5.69. The van der Waals surface area contributed by atoms with Gasteiger partial charge < -0.3 is 33.5 Å². The predicted molar refractivity (Wildman–Crippen MR) is 92.1 cm³/mol. The molecule has 2 saturated heterocycles. The molecule has 7 heteroatoms. The number of ether oxygens (including phenoxy) is 6. The van der Waals surface area contributed by atoms with Crippen LogP contribution in [0.4, 0.5) is 0 Å². The van der Waals surface area contributed by atoms with Crippen molar-refractivity contribution in [3.05, 3.63) is 35.9 Å². The van der Waals surface area contributed by atoms with Crippen LogP contribution in [0.25, 0.3) is 0 Å². The highest BCUT2D eigenvalue weighted by atomic mass is 16.8. The van der Waals surface area contributed by atoms with E-state index >= 15 is 0 Å². The summed E-state index contributed by atoms with van der Waals surface area (Å²) in [5.41, 5.74) is 0.993. The maximum Gasteiger partial charge on any atom is 0.220 e. The molecule has 7 unspecified atom stereocenters. The van der Waals surface area contributed by atoms with Crippen molar-refractivity contribution in [2.75, 3.05) is 14.2 Å². The normalized spacial score (nSPS) is 43.1. The van der Waals surface area contributed by atoms with E-state index in [1.54, 1.807) is 13.8 Å². The Morgan fingerprint density at radius 2 is 1.58 bits per heavy atom. The van der Waals surface area contributed by atoms with Gasteiger partial charge in [0.1, 0.15) is 18.3 Å². The second-order valence-corrected chi connectivity index (χ2v) is 6.96. The molecule has 26 heavy (non-hydrogen) atoms. The fourth-order valence-corrected chi connectivity index (χ4v) is 3.38. The minimum Gasteiger partial charge on any atom is -0.385 e. The summed E-state index contributed by atoms with van der Waals surface area (Å²) in [5, 5.41) is 10.8. The van der Waals surface area contributed by atoms with E-state index in [0.29, 0.717) is 6.61 Å².